The lowest BCUT2D eigenvalue weighted by atomic mass is 10.1. The van der Waals surface area contributed by atoms with Gasteiger partial charge in [-0.05, 0) is 37.6 Å². The zero-order chi connectivity index (χ0) is 16.8. The molecule has 0 bridgehead atoms. The second-order valence-corrected chi connectivity index (χ2v) is 4.92. The molecule has 0 atom stereocenters. The summed E-state index contributed by atoms with van der Waals surface area (Å²) in [5, 5.41) is 2.81. The van der Waals surface area contributed by atoms with Crippen molar-refractivity contribution in [2.45, 2.75) is 13.8 Å². The van der Waals surface area contributed by atoms with Gasteiger partial charge >= 0.3 is 0 Å². The molecule has 1 amide bonds. The number of rotatable bonds is 5. The van der Waals surface area contributed by atoms with Gasteiger partial charge in [0.25, 0.3) is 5.91 Å². The number of hydrogen-bond acceptors (Lipinski definition) is 4. The molecule has 0 unspecified atom stereocenters. The van der Waals surface area contributed by atoms with Crippen molar-refractivity contribution in [1.29, 1.82) is 0 Å². The van der Waals surface area contributed by atoms with E-state index in [-0.39, 0.29) is 5.91 Å². The number of carbonyl (C=O) groups excluding carboxylic acids is 1. The van der Waals surface area contributed by atoms with E-state index in [2.05, 4.69) is 10.3 Å². The van der Waals surface area contributed by atoms with Crippen LogP contribution in [0.3, 0.4) is 0 Å². The number of methoxy groups -OCH3 is 2. The number of ether oxygens (including phenoxy) is 2. The molecule has 2 rings (SSSR count). The third kappa shape index (κ3) is 3.69. The summed E-state index contributed by atoms with van der Waals surface area (Å²) >= 11 is 0. The largest absolute Gasteiger partial charge is 0.493 e. The predicted molar refractivity (Wildman–Crippen MR) is 91.2 cm³/mol. The number of allylic oxidation sites excluding steroid dienone is 1. The van der Waals surface area contributed by atoms with E-state index in [9.17, 15) is 4.79 Å². The van der Waals surface area contributed by atoms with Crippen molar-refractivity contribution in [3.05, 3.63) is 53.2 Å². The third-order valence-corrected chi connectivity index (χ3v) is 3.36. The van der Waals surface area contributed by atoms with Crippen LogP contribution in [-0.4, -0.2) is 25.1 Å². The molecule has 0 saturated carbocycles. The fourth-order valence-corrected chi connectivity index (χ4v) is 2.22. The van der Waals surface area contributed by atoms with Gasteiger partial charge in [0.05, 0.1) is 14.2 Å². The van der Waals surface area contributed by atoms with Crippen LogP contribution in [0.15, 0.2) is 36.5 Å². The zero-order valence-corrected chi connectivity index (χ0v) is 13.7. The Hall–Kier alpha value is -2.82. The van der Waals surface area contributed by atoms with Crippen molar-refractivity contribution in [2.75, 3.05) is 19.5 Å². The van der Waals surface area contributed by atoms with E-state index in [0.717, 1.165) is 11.1 Å². The van der Waals surface area contributed by atoms with Crippen molar-refractivity contribution < 1.29 is 14.3 Å². The number of nitrogens with zero attached hydrogens (tertiary/aromatic N) is 1. The van der Waals surface area contributed by atoms with Gasteiger partial charge in [0.1, 0.15) is 5.82 Å². The molecule has 1 aromatic carbocycles. The summed E-state index contributed by atoms with van der Waals surface area (Å²) in [7, 11) is 3.11. The van der Waals surface area contributed by atoms with Crippen LogP contribution >= 0.6 is 0 Å². The molecule has 0 aliphatic heterocycles. The first-order valence-corrected chi connectivity index (χ1v) is 7.22. The molecule has 0 saturated heterocycles. The van der Waals surface area contributed by atoms with Crippen molar-refractivity contribution >= 4 is 17.8 Å². The van der Waals surface area contributed by atoms with Crippen molar-refractivity contribution in [2.24, 2.45) is 0 Å². The average Bonchev–Trinajstić information content (AvgIpc) is 2.56. The SMILES string of the molecule is C/C=C/c1cc(C(=O)Nc2ncccc2C)cc(OC)c1OC. The quantitative estimate of drug-likeness (QED) is 0.914. The van der Waals surface area contributed by atoms with Gasteiger partial charge in [-0.15, -0.1) is 0 Å². The van der Waals surface area contributed by atoms with Gasteiger partial charge < -0.3 is 14.8 Å². The second kappa shape index (κ2) is 7.45. The number of hydrogen-bond donors (Lipinski definition) is 1. The van der Waals surface area contributed by atoms with Crippen LogP contribution < -0.4 is 14.8 Å². The van der Waals surface area contributed by atoms with Crippen LogP contribution in [0, 0.1) is 6.92 Å². The maximum absolute atomic E-state index is 12.5. The van der Waals surface area contributed by atoms with Crippen LogP contribution in [0.1, 0.15) is 28.4 Å². The Labute approximate surface area is 136 Å². The van der Waals surface area contributed by atoms with E-state index in [4.69, 9.17) is 9.47 Å². The molecule has 5 nitrogen and oxygen atoms in total. The predicted octanol–water partition coefficient (Wildman–Crippen LogP) is 3.69. The first kappa shape index (κ1) is 16.5. The Bertz CT molecular complexity index is 739. The standard InChI is InChI=1S/C18H20N2O3/c1-5-7-13-10-14(11-15(22-3)16(13)23-4)18(21)20-17-12(2)8-6-9-19-17/h5-11H,1-4H3,(H,19,20,21)/b7-5+. The van der Waals surface area contributed by atoms with Crippen LogP contribution in [0.25, 0.3) is 6.08 Å². The van der Waals surface area contributed by atoms with Crippen LogP contribution in [0.4, 0.5) is 5.82 Å². The highest BCUT2D eigenvalue weighted by atomic mass is 16.5. The van der Waals surface area contributed by atoms with E-state index in [0.29, 0.717) is 22.9 Å². The normalized spacial score (nSPS) is 10.6. The average molecular weight is 312 g/mol. The van der Waals surface area contributed by atoms with Gasteiger partial charge in [0, 0.05) is 17.3 Å². The van der Waals surface area contributed by atoms with Crippen molar-refractivity contribution in [1.82, 2.24) is 4.98 Å². The third-order valence-electron chi connectivity index (χ3n) is 3.36. The number of pyridine rings is 1. The molecule has 2 aromatic rings. The molecule has 5 heteroatoms. The summed E-state index contributed by atoms with van der Waals surface area (Å²) in [6, 6.07) is 7.13. The van der Waals surface area contributed by atoms with E-state index in [1.165, 1.54) is 0 Å². The molecule has 0 aliphatic carbocycles. The summed E-state index contributed by atoms with van der Waals surface area (Å²) in [5.41, 5.74) is 2.15. The van der Waals surface area contributed by atoms with Gasteiger partial charge in [0.2, 0.25) is 0 Å². The molecular formula is C18H20N2O3. The van der Waals surface area contributed by atoms with Gasteiger partial charge in [-0.25, -0.2) is 4.98 Å². The van der Waals surface area contributed by atoms with E-state index in [1.54, 1.807) is 32.5 Å². The number of nitrogens with one attached hydrogen (secondary N) is 1. The summed E-state index contributed by atoms with van der Waals surface area (Å²) < 4.78 is 10.7. The number of anilines is 1. The van der Waals surface area contributed by atoms with Crippen LogP contribution in [0.2, 0.25) is 0 Å². The number of amides is 1. The number of aryl methyl sites for hydroxylation is 1. The Morgan fingerprint density at radius 3 is 2.65 bits per heavy atom. The van der Waals surface area contributed by atoms with Crippen molar-refractivity contribution in [3.63, 3.8) is 0 Å². The monoisotopic (exact) mass is 312 g/mol. The molecule has 1 aromatic heterocycles. The summed E-state index contributed by atoms with van der Waals surface area (Å²) in [6.07, 6.45) is 5.38. The molecule has 1 heterocycles. The highest BCUT2D eigenvalue weighted by Crippen LogP contribution is 2.33. The lowest BCUT2D eigenvalue weighted by molar-refractivity contribution is 0.102. The number of benzene rings is 1. The number of carbonyl (C=O) groups is 1. The molecule has 120 valence electrons. The maximum atomic E-state index is 12.5. The summed E-state index contributed by atoms with van der Waals surface area (Å²) in [5.74, 6) is 1.39. The Morgan fingerprint density at radius 2 is 2.04 bits per heavy atom. The van der Waals surface area contributed by atoms with Gasteiger partial charge in [-0.1, -0.05) is 18.2 Å². The van der Waals surface area contributed by atoms with Gasteiger partial charge in [0.15, 0.2) is 11.5 Å². The topological polar surface area (TPSA) is 60.5 Å². The fraction of sp³-hybridized carbons (Fsp3) is 0.222. The first-order valence-electron chi connectivity index (χ1n) is 7.22. The lowest BCUT2D eigenvalue weighted by Crippen LogP contribution is -2.14. The van der Waals surface area contributed by atoms with Gasteiger partial charge in [-0.2, -0.15) is 0 Å². The smallest absolute Gasteiger partial charge is 0.256 e. The molecule has 0 fully saturated rings. The molecular weight excluding hydrogens is 292 g/mol. The molecule has 0 spiro atoms. The van der Waals surface area contributed by atoms with Gasteiger partial charge in [-0.3, -0.25) is 4.79 Å². The highest BCUT2D eigenvalue weighted by Gasteiger charge is 2.15. The maximum Gasteiger partial charge on any atom is 0.256 e. The summed E-state index contributed by atoms with van der Waals surface area (Å²) in [4.78, 5) is 16.7. The second-order valence-electron chi connectivity index (χ2n) is 4.92. The minimum Gasteiger partial charge on any atom is -0.493 e. The number of aromatic nitrogens is 1. The highest BCUT2D eigenvalue weighted by molar-refractivity contribution is 6.05. The van der Waals surface area contributed by atoms with Crippen LogP contribution in [0.5, 0.6) is 11.5 Å². The first-order chi connectivity index (χ1) is 11.1. The van der Waals surface area contributed by atoms with E-state index in [1.807, 2.05) is 38.1 Å². The minimum atomic E-state index is -0.251. The molecule has 0 radical (unpaired) electrons. The molecule has 23 heavy (non-hydrogen) atoms. The van der Waals surface area contributed by atoms with Crippen LogP contribution in [-0.2, 0) is 0 Å². The minimum absolute atomic E-state index is 0.251. The summed E-state index contributed by atoms with van der Waals surface area (Å²) in [6.45, 7) is 3.79. The Kier molecular flexibility index (Phi) is 5.36. The van der Waals surface area contributed by atoms with Crippen molar-refractivity contribution in [3.8, 4) is 11.5 Å². The Balaban J connectivity index is 2.40. The lowest BCUT2D eigenvalue weighted by Gasteiger charge is -2.13. The fourth-order valence-electron chi connectivity index (χ4n) is 2.22. The Morgan fingerprint density at radius 1 is 1.26 bits per heavy atom. The van der Waals surface area contributed by atoms with E-state index < -0.39 is 0 Å². The zero-order valence-electron chi connectivity index (χ0n) is 13.7. The molecule has 1 N–H and O–H groups in total. The molecule has 0 aliphatic rings. The van der Waals surface area contributed by atoms with E-state index >= 15 is 0 Å².